The molecule has 1 aromatic heterocycles. The number of rotatable bonds is 4. The highest BCUT2D eigenvalue weighted by Gasteiger charge is 2.06. The molecule has 0 unspecified atom stereocenters. The third-order valence-electron chi connectivity index (χ3n) is 2.82. The molecule has 0 spiro atoms. The molecule has 0 fully saturated rings. The van der Waals surface area contributed by atoms with Crippen molar-refractivity contribution in [3.63, 3.8) is 0 Å². The summed E-state index contributed by atoms with van der Waals surface area (Å²) in [6, 6.07) is 8.93. The second kappa shape index (κ2) is 6.07. The van der Waals surface area contributed by atoms with Gasteiger partial charge in [-0.05, 0) is 42.3 Å². The average Bonchev–Trinajstić information content (AvgIpc) is 2.38. The first kappa shape index (κ1) is 13.2. The number of hydrogen-bond acceptors (Lipinski definition) is 2. The topological polar surface area (TPSA) is 24.9 Å². The summed E-state index contributed by atoms with van der Waals surface area (Å²) < 4.78 is 13.7. The van der Waals surface area contributed by atoms with Crippen LogP contribution in [0.1, 0.15) is 24.1 Å². The maximum Gasteiger partial charge on any atom is 0.124 e. The van der Waals surface area contributed by atoms with E-state index in [4.69, 9.17) is 0 Å². The Labute approximate surface area is 114 Å². The van der Waals surface area contributed by atoms with Crippen LogP contribution in [0.5, 0.6) is 0 Å². The van der Waals surface area contributed by atoms with Crippen LogP contribution in [0.15, 0.2) is 47.2 Å². The first-order valence-corrected chi connectivity index (χ1v) is 6.53. The van der Waals surface area contributed by atoms with E-state index in [1.165, 1.54) is 17.7 Å². The highest BCUT2D eigenvalue weighted by Crippen LogP contribution is 2.19. The van der Waals surface area contributed by atoms with Crippen molar-refractivity contribution in [3.8, 4) is 0 Å². The van der Waals surface area contributed by atoms with Crippen molar-refractivity contribution in [1.82, 2.24) is 10.3 Å². The maximum atomic E-state index is 13.0. The molecule has 0 amide bonds. The van der Waals surface area contributed by atoms with Crippen molar-refractivity contribution in [3.05, 3.63) is 64.1 Å². The molecule has 0 aliphatic heterocycles. The average molecular weight is 309 g/mol. The minimum atomic E-state index is -0.229. The molecular weight excluding hydrogens is 295 g/mol. The Morgan fingerprint density at radius 3 is 2.67 bits per heavy atom. The lowest BCUT2D eigenvalue weighted by Crippen LogP contribution is -2.18. The lowest BCUT2D eigenvalue weighted by molar-refractivity contribution is 0.571. The van der Waals surface area contributed by atoms with Gasteiger partial charge in [0.05, 0.1) is 0 Å². The van der Waals surface area contributed by atoms with E-state index in [2.05, 4.69) is 33.2 Å². The fourth-order valence-corrected chi connectivity index (χ4v) is 2.19. The van der Waals surface area contributed by atoms with E-state index in [-0.39, 0.29) is 11.9 Å². The van der Waals surface area contributed by atoms with Crippen molar-refractivity contribution in [2.24, 2.45) is 0 Å². The van der Waals surface area contributed by atoms with E-state index >= 15 is 0 Å². The predicted molar refractivity (Wildman–Crippen MR) is 73.6 cm³/mol. The number of hydrogen-bond donors (Lipinski definition) is 1. The number of nitrogens with zero attached hydrogens (tertiary/aromatic N) is 1. The summed E-state index contributed by atoms with van der Waals surface area (Å²) in [7, 11) is 0. The Morgan fingerprint density at radius 2 is 2.00 bits per heavy atom. The van der Waals surface area contributed by atoms with Crippen LogP contribution in [-0.4, -0.2) is 4.98 Å². The minimum Gasteiger partial charge on any atom is -0.306 e. The second-order valence-electron chi connectivity index (χ2n) is 4.12. The summed E-state index contributed by atoms with van der Waals surface area (Å²) in [6.45, 7) is 2.77. The molecule has 0 saturated heterocycles. The first-order chi connectivity index (χ1) is 8.66. The number of benzene rings is 1. The van der Waals surface area contributed by atoms with Crippen LogP contribution in [0.2, 0.25) is 0 Å². The third kappa shape index (κ3) is 3.37. The van der Waals surface area contributed by atoms with Gasteiger partial charge in [0, 0.05) is 29.5 Å². The number of aromatic nitrogens is 1. The maximum absolute atomic E-state index is 13.0. The van der Waals surface area contributed by atoms with E-state index in [1.807, 2.05) is 12.1 Å². The Bertz CT molecular complexity index is 516. The van der Waals surface area contributed by atoms with E-state index in [1.54, 1.807) is 18.5 Å². The number of halogens is 2. The van der Waals surface area contributed by atoms with Crippen molar-refractivity contribution < 1.29 is 4.39 Å². The summed E-state index contributed by atoms with van der Waals surface area (Å²) >= 11 is 3.36. The molecule has 4 heteroatoms. The smallest absolute Gasteiger partial charge is 0.124 e. The van der Waals surface area contributed by atoms with Crippen LogP contribution in [0.3, 0.4) is 0 Å². The van der Waals surface area contributed by atoms with Crippen molar-refractivity contribution >= 4 is 15.9 Å². The van der Waals surface area contributed by atoms with Gasteiger partial charge in [0.2, 0.25) is 0 Å². The molecule has 2 aromatic rings. The van der Waals surface area contributed by atoms with Gasteiger partial charge in [0.25, 0.3) is 0 Å². The van der Waals surface area contributed by atoms with E-state index < -0.39 is 0 Å². The minimum absolute atomic E-state index is 0.227. The van der Waals surface area contributed by atoms with Crippen LogP contribution in [0, 0.1) is 5.82 Å². The molecule has 0 saturated carbocycles. The van der Waals surface area contributed by atoms with Gasteiger partial charge >= 0.3 is 0 Å². The molecule has 1 aromatic carbocycles. The van der Waals surface area contributed by atoms with Crippen LogP contribution in [-0.2, 0) is 6.54 Å². The van der Waals surface area contributed by atoms with Crippen LogP contribution in [0.25, 0.3) is 0 Å². The Morgan fingerprint density at radius 1 is 1.28 bits per heavy atom. The monoisotopic (exact) mass is 308 g/mol. The lowest BCUT2D eigenvalue weighted by atomic mass is 10.1. The number of nitrogens with one attached hydrogen (secondary N) is 1. The fraction of sp³-hybridized carbons (Fsp3) is 0.214. The molecule has 0 aliphatic rings. The molecule has 1 N–H and O–H groups in total. The highest BCUT2D eigenvalue weighted by molar-refractivity contribution is 9.10. The van der Waals surface area contributed by atoms with Crippen molar-refractivity contribution in [2.75, 3.05) is 0 Å². The quantitative estimate of drug-likeness (QED) is 0.928. The zero-order valence-corrected chi connectivity index (χ0v) is 11.6. The highest BCUT2D eigenvalue weighted by atomic mass is 79.9. The van der Waals surface area contributed by atoms with Gasteiger partial charge in [0.1, 0.15) is 5.82 Å². The summed E-state index contributed by atoms with van der Waals surface area (Å²) in [5, 5.41) is 3.40. The standard InChI is InChI=1S/C14H14BrFN2/c1-10(11-4-6-17-7-5-11)18-9-12-2-3-13(16)8-14(12)15/h2-8,10,18H,9H2,1H3/t10-/m0/s1. The van der Waals surface area contributed by atoms with E-state index in [0.29, 0.717) is 6.54 Å². The molecule has 2 nitrogen and oxygen atoms in total. The summed E-state index contributed by atoms with van der Waals surface area (Å²) in [4.78, 5) is 3.99. The second-order valence-corrected chi connectivity index (χ2v) is 4.97. The van der Waals surface area contributed by atoms with E-state index in [9.17, 15) is 4.39 Å². The molecule has 0 aliphatic carbocycles. The predicted octanol–water partition coefficient (Wildman–Crippen LogP) is 3.83. The first-order valence-electron chi connectivity index (χ1n) is 5.74. The summed E-state index contributed by atoms with van der Waals surface area (Å²) in [5.74, 6) is -0.229. The van der Waals surface area contributed by atoms with E-state index in [0.717, 1.165) is 10.0 Å². The molecule has 1 heterocycles. The molecule has 0 bridgehead atoms. The Hall–Kier alpha value is -1.26. The fourth-order valence-electron chi connectivity index (χ4n) is 1.70. The summed E-state index contributed by atoms with van der Waals surface area (Å²) in [5.41, 5.74) is 2.22. The molecule has 1 atom stereocenters. The van der Waals surface area contributed by atoms with Crippen LogP contribution < -0.4 is 5.32 Å². The zero-order valence-electron chi connectivity index (χ0n) is 10.0. The van der Waals surface area contributed by atoms with Crippen LogP contribution in [0.4, 0.5) is 4.39 Å². The van der Waals surface area contributed by atoms with Gasteiger partial charge in [-0.25, -0.2) is 4.39 Å². The van der Waals surface area contributed by atoms with Gasteiger partial charge < -0.3 is 5.32 Å². The normalized spacial score (nSPS) is 12.4. The Balaban J connectivity index is 1.99. The van der Waals surface area contributed by atoms with Gasteiger partial charge in [0.15, 0.2) is 0 Å². The Kier molecular flexibility index (Phi) is 4.44. The van der Waals surface area contributed by atoms with Crippen molar-refractivity contribution in [2.45, 2.75) is 19.5 Å². The number of pyridine rings is 1. The molecule has 18 heavy (non-hydrogen) atoms. The van der Waals surface area contributed by atoms with Gasteiger partial charge in [-0.1, -0.05) is 22.0 Å². The van der Waals surface area contributed by atoms with Gasteiger partial charge in [-0.2, -0.15) is 0 Å². The largest absolute Gasteiger partial charge is 0.306 e. The third-order valence-corrected chi connectivity index (χ3v) is 3.56. The summed E-state index contributed by atoms with van der Waals surface area (Å²) in [6.07, 6.45) is 3.56. The lowest BCUT2D eigenvalue weighted by Gasteiger charge is -2.14. The molecule has 0 radical (unpaired) electrons. The van der Waals surface area contributed by atoms with Gasteiger partial charge in [-0.15, -0.1) is 0 Å². The van der Waals surface area contributed by atoms with Crippen LogP contribution >= 0.6 is 15.9 Å². The van der Waals surface area contributed by atoms with Gasteiger partial charge in [-0.3, -0.25) is 4.98 Å². The SMILES string of the molecule is C[C@H](NCc1ccc(F)cc1Br)c1ccncc1. The molecular formula is C14H14BrFN2. The van der Waals surface area contributed by atoms with Crippen molar-refractivity contribution in [1.29, 1.82) is 0 Å². The molecule has 2 rings (SSSR count). The zero-order chi connectivity index (χ0) is 13.0. The molecule has 94 valence electrons.